The molecule has 0 saturated carbocycles. The van der Waals surface area contributed by atoms with Crippen molar-refractivity contribution in [3.05, 3.63) is 29.8 Å². The number of anilines is 1. The molecule has 1 amide bonds. The lowest BCUT2D eigenvalue weighted by Crippen LogP contribution is -3.16. The van der Waals surface area contributed by atoms with E-state index < -0.39 is 11.6 Å². The molecule has 1 heterocycles. The van der Waals surface area contributed by atoms with Gasteiger partial charge in [-0.2, -0.15) is 0 Å². The van der Waals surface area contributed by atoms with E-state index in [1.165, 1.54) is 30.2 Å². The Kier molecular flexibility index (Phi) is 5.67. The van der Waals surface area contributed by atoms with Crippen LogP contribution >= 0.6 is 0 Å². The van der Waals surface area contributed by atoms with Crippen molar-refractivity contribution in [2.45, 2.75) is 45.1 Å². The second-order valence-corrected chi connectivity index (χ2v) is 5.73. The van der Waals surface area contributed by atoms with Crippen LogP contribution in [0, 0.1) is 11.6 Å². The minimum Gasteiger partial charge on any atom is -0.325 e. The van der Waals surface area contributed by atoms with Gasteiger partial charge in [0.25, 0.3) is 5.91 Å². The van der Waals surface area contributed by atoms with Crippen LogP contribution in [0.2, 0.25) is 0 Å². The van der Waals surface area contributed by atoms with Gasteiger partial charge < -0.3 is 10.2 Å². The van der Waals surface area contributed by atoms with Crippen LogP contribution in [-0.2, 0) is 4.79 Å². The standard InChI is InChI=1S/C16H22F2N2O/c1-12(20-10-5-3-2-4-6-11-20)16(21)19-15-13(17)8-7-9-14(15)18/h7-9,12H,2-6,10-11H2,1H3,(H,19,21)/p+1/t12-/m1/s1. The van der Waals surface area contributed by atoms with Gasteiger partial charge in [-0.3, -0.25) is 4.79 Å². The lowest BCUT2D eigenvalue weighted by Gasteiger charge is -2.27. The number of halogens is 2. The van der Waals surface area contributed by atoms with Crippen LogP contribution in [0.4, 0.5) is 14.5 Å². The molecule has 1 aromatic carbocycles. The summed E-state index contributed by atoms with van der Waals surface area (Å²) in [4.78, 5) is 13.4. The van der Waals surface area contributed by atoms with E-state index in [0.29, 0.717) is 0 Å². The topological polar surface area (TPSA) is 33.5 Å². The summed E-state index contributed by atoms with van der Waals surface area (Å²) < 4.78 is 27.1. The van der Waals surface area contributed by atoms with Gasteiger partial charge in [0.05, 0.1) is 13.1 Å². The van der Waals surface area contributed by atoms with E-state index in [1.54, 1.807) is 0 Å². The summed E-state index contributed by atoms with van der Waals surface area (Å²) in [6, 6.07) is 3.27. The maximum Gasteiger partial charge on any atom is 0.282 e. The molecule has 5 heteroatoms. The van der Waals surface area contributed by atoms with Crippen LogP contribution in [0.15, 0.2) is 18.2 Å². The minimum absolute atomic E-state index is 0.304. The highest BCUT2D eigenvalue weighted by atomic mass is 19.1. The zero-order valence-electron chi connectivity index (χ0n) is 12.4. The monoisotopic (exact) mass is 297 g/mol. The lowest BCUT2D eigenvalue weighted by molar-refractivity contribution is -0.914. The summed E-state index contributed by atoms with van der Waals surface area (Å²) in [5.41, 5.74) is -0.346. The van der Waals surface area contributed by atoms with Gasteiger partial charge in [0.15, 0.2) is 6.04 Å². The second-order valence-electron chi connectivity index (χ2n) is 5.73. The van der Waals surface area contributed by atoms with Gasteiger partial charge in [0.1, 0.15) is 17.3 Å². The number of quaternary nitrogens is 1. The van der Waals surface area contributed by atoms with E-state index in [2.05, 4.69) is 5.32 Å². The maximum absolute atomic E-state index is 13.6. The van der Waals surface area contributed by atoms with Crippen molar-refractivity contribution in [2.75, 3.05) is 18.4 Å². The largest absolute Gasteiger partial charge is 0.325 e. The highest BCUT2D eigenvalue weighted by molar-refractivity contribution is 5.93. The summed E-state index contributed by atoms with van der Waals surface area (Å²) in [5.74, 6) is -1.80. The number of hydrogen-bond acceptors (Lipinski definition) is 1. The fourth-order valence-electron chi connectivity index (χ4n) is 2.83. The van der Waals surface area contributed by atoms with Crippen LogP contribution in [0.1, 0.15) is 39.0 Å². The Labute approximate surface area is 124 Å². The third kappa shape index (κ3) is 4.24. The van der Waals surface area contributed by atoms with E-state index in [1.807, 2.05) is 6.92 Å². The first-order chi connectivity index (χ1) is 10.1. The van der Waals surface area contributed by atoms with E-state index in [0.717, 1.165) is 38.1 Å². The summed E-state index contributed by atoms with van der Waals surface area (Å²) >= 11 is 0. The molecule has 1 saturated heterocycles. The van der Waals surface area contributed by atoms with Gasteiger partial charge in [-0.1, -0.05) is 12.5 Å². The number of rotatable bonds is 3. The molecule has 1 aromatic rings. The molecule has 1 aliphatic heterocycles. The van der Waals surface area contributed by atoms with Gasteiger partial charge in [0.2, 0.25) is 0 Å². The van der Waals surface area contributed by atoms with Crippen LogP contribution in [0.5, 0.6) is 0 Å². The molecular formula is C16H23F2N2O+. The number of hydrogen-bond donors (Lipinski definition) is 2. The SMILES string of the molecule is C[C@H](C(=O)Nc1c(F)cccc1F)[NH+]1CCCCCCC1. The first kappa shape index (κ1) is 15.9. The second kappa shape index (κ2) is 7.50. The van der Waals surface area contributed by atoms with Crippen molar-refractivity contribution < 1.29 is 18.5 Å². The molecule has 1 atom stereocenters. The summed E-state index contributed by atoms with van der Waals surface area (Å²) in [7, 11) is 0. The molecule has 3 nitrogen and oxygen atoms in total. The fourth-order valence-corrected chi connectivity index (χ4v) is 2.83. The Morgan fingerprint density at radius 3 is 2.19 bits per heavy atom. The third-order valence-electron chi connectivity index (χ3n) is 4.21. The van der Waals surface area contributed by atoms with Crippen molar-refractivity contribution >= 4 is 11.6 Å². The first-order valence-electron chi connectivity index (χ1n) is 7.69. The third-order valence-corrected chi connectivity index (χ3v) is 4.21. The number of carbonyl (C=O) groups is 1. The molecule has 0 bridgehead atoms. The van der Waals surface area contributed by atoms with Crippen LogP contribution < -0.4 is 10.2 Å². The summed E-state index contributed by atoms with van der Waals surface area (Å²) in [6.45, 7) is 3.70. The zero-order valence-corrected chi connectivity index (χ0v) is 12.4. The molecule has 116 valence electrons. The number of carbonyl (C=O) groups excluding carboxylic acids is 1. The zero-order chi connectivity index (χ0) is 15.2. The van der Waals surface area contributed by atoms with Crippen LogP contribution in [-0.4, -0.2) is 25.0 Å². The molecule has 2 N–H and O–H groups in total. The highest BCUT2D eigenvalue weighted by Crippen LogP contribution is 2.17. The Hall–Kier alpha value is -1.49. The van der Waals surface area contributed by atoms with E-state index in [4.69, 9.17) is 0 Å². The fraction of sp³-hybridized carbons (Fsp3) is 0.562. The molecule has 0 aromatic heterocycles. The predicted molar refractivity (Wildman–Crippen MR) is 78.2 cm³/mol. The lowest BCUT2D eigenvalue weighted by atomic mass is 10.1. The van der Waals surface area contributed by atoms with Crippen LogP contribution in [0.3, 0.4) is 0 Å². The van der Waals surface area contributed by atoms with E-state index in [-0.39, 0.29) is 17.6 Å². The Morgan fingerprint density at radius 2 is 1.62 bits per heavy atom. The minimum atomic E-state index is -0.738. The molecule has 1 fully saturated rings. The number of benzene rings is 1. The normalized spacial score (nSPS) is 18.6. The smallest absolute Gasteiger partial charge is 0.282 e. The first-order valence-corrected chi connectivity index (χ1v) is 7.69. The van der Waals surface area contributed by atoms with Crippen molar-refractivity contribution in [1.29, 1.82) is 0 Å². The molecule has 0 spiro atoms. The quantitative estimate of drug-likeness (QED) is 0.880. The van der Waals surface area contributed by atoms with Gasteiger partial charge in [-0.15, -0.1) is 0 Å². The predicted octanol–water partition coefficient (Wildman–Crippen LogP) is 2.14. The number of amides is 1. The molecule has 1 aliphatic rings. The number of likely N-dealkylation sites (tertiary alicyclic amines) is 1. The van der Waals surface area contributed by atoms with Crippen molar-refractivity contribution in [3.8, 4) is 0 Å². The summed E-state index contributed by atoms with van der Waals surface area (Å²) in [6.07, 6.45) is 5.84. The highest BCUT2D eigenvalue weighted by Gasteiger charge is 2.26. The summed E-state index contributed by atoms with van der Waals surface area (Å²) in [5, 5.41) is 2.40. The van der Waals surface area contributed by atoms with E-state index >= 15 is 0 Å². The maximum atomic E-state index is 13.6. The Bertz CT molecular complexity index is 465. The molecule has 0 unspecified atom stereocenters. The van der Waals surface area contributed by atoms with Gasteiger partial charge >= 0.3 is 0 Å². The average molecular weight is 297 g/mol. The van der Waals surface area contributed by atoms with Gasteiger partial charge in [-0.05, 0) is 44.7 Å². The Morgan fingerprint density at radius 1 is 1.10 bits per heavy atom. The van der Waals surface area contributed by atoms with Gasteiger partial charge in [-0.25, -0.2) is 8.78 Å². The van der Waals surface area contributed by atoms with Crippen molar-refractivity contribution in [2.24, 2.45) is 0 Å². The molecule has 0 radical (unpaired) electrons. The average Bonchev–Trinajstić information content (AvgIpc) is 2.42. The van der Waals surface area contributed by atoms with E-state index in [9.17, 15) is 13.6 Å². The molecule has 2 rings (SSSR count). The number of para-hydroxylation sites is 1. The van der Waals surface area contributed by atoms with Crippen molar-refractivity contribution in [3.63, 3.8) is 0 Å². The molecule has 0 aliphatic carbocycles. The van der Waals surface area contributed by atoms with Crippen molar-refractivity contribution in [1.82, 2.24) is 0 Å². The van der Waals surface area contributed by atoms with Gasteiger partial charge in [0, 0.05) is 0 Å². The Balaban J connectivity index is 2.01. The molecule has 21 heavy (non-hydrogen) atoms. The number of nitrogens with one attached hydrogen (secondary N) is 2. The van der Waals surface area contributed by atoms with Crippen LogP contribution in [0.25, 0.3) is 0 Å². The molecular weight excluding hydrogens is 274 g/mol.